The van der Waals surface area contributed by atoms with E-state index < -0.39 is 32.6 Å². The summed E-state index contributed by atoms with van der Waals surface area (Å²) < 4.78 is 42.2. The van der Waals surface area contributed by atoms with Crippen molar-refractivity contribution in [3.63, 3.8) is 0 Å². The Kier molecular flexibility index (Phi) is 5.07. The molecule has 1 aromatic carbocycles. The van der Waals surface area contributed by atoms with E-state index in [0.29, 0.717) is 0 Å². The standard InChI is InChI=1S/C15H21FN2O4S/c1-15(22-2,12-5-3-4-6-13(12)16)14(19)18-9-7-11(8-10-18)23(17,20)21/h3-6,11H,7-10H2,1-2H3,(H2,17,20,21). The third-order valence-electron chi connectivity index (χ3n) is 4.40. The molecule has 6 nitrogen and oxygen atoms in total. The number of amides is 1. The monoisotopic (exact) mass is 344 g/mol. The number of carbonyl (C=O) groups is 1. The van der Waals surface area contributed by atoms with Crippen LogP contribution in [0.4, 0.5) is 4.39 Å². The summed E-state index contributed by atoms with van der Waals surface area (Å²) in [4.78, 5) is 14.3. The van der Waals surface area contributed by atoms with Gasteiger partial charge in [0.25, 0.3) is 5.91 Å². The van der Waals surface area contributed by atoms with E-state index in [1.54, 1.807) is 6.07 Å². The molecule has 1 unspecified atom stereocenters. The highest BCUT2D eigenvalue weighted by atomic mass is 32.2. The van der Waals surface area contributed by atoms with E-state index in [2.05, 4.69) is 0 Å². The Morgan fingerprint density at radius 2 is 1.91 bits per heavy atom. The molecule has 2 N–H and O–H groups in total. The number of hydrogen-bond acceptors (Lipinski definition) is 4. The van der Waals surface area contributed by atoms with Crippen LogP contribution >= 0.6 is 0 Å². The van der Waals surface area contributed by atoms with E-state index in [9.17, 15) is 17.6 Å². The van der Waals surface area contributed by atoms with Gasteiger partial charge >= 0.3 is 0 Å². The number of carbonyl (C=O) groups excluding carboxylic acids is 1. The summed E-state index contributed by atoms with van der Waals surface area (Å²) in [7, 11) is -2.26. The van der Waals surface area contributed by atoms with Gasteiger partial charge in [-0.1, -0.05) is 18.2 Å². The predicted molar refractivity (Wildman–Crippen MR) is 83.5 cm³/mol. The lowest BCUT2D eigenvalue weighted by Crippen LogP contribution is -2.51. The second-order valence-electron chi connectivity index (χ2n) is 5.80. The lowest BCUT2D eigenvalue weighted by molar-refractivity contribution is -0.155. The Labute approximate surface area is 135 Å². The van der Waals surface area contributed by atoms with Gasteiger partial charge in [0, 0.05) is 25.8 Å². The first-order valence-corrected chi connectivity index (χ1v) is 8.92. The lowest BCUT2D eigenvalue weighted by Gasteiger charge is -2.37. The average molecular weight is 344 g/mol. The van der Waals surface area contributed by atoms with Gasteiger partial charge in [-0.15, -0.1) is 0 Å². The van der Waals surface area contributed by atoms with Crippen LogP contribution in [0.5, 0.6) is 0 Å². The molecule has 23 heavy (non-hydrogen) atoms. The number of likely N-dealkylation sites (tertiary alicyclic amines) is 1. The molecule has 1 atom stereocenters. The smallest absolute Gasteiger partial charge is 0.259 e. The minimum atomic E-state index is -3.60. The molecule has 128 valence electrons. The minimum absolute atomic E-state index is 0.154. The highest BCUT2D eigenvalue weighted by Gasteiger charge is 2.42. The topological polar surface area (TPSA) is 89.7 Å². The van der Waals surface area contributed by atoms with E-state index in [4.69, 9.17) is 9.88 Å². The summed E-state index contributed by atoms with van der Waals surface area (Å²) in [5, 5.41) is 4.50. The van der Waals surface area contributed by atoms with Crippen molar-refractivity contribution in [1.82, 2.24) is 4.90 Å². The molecule has 1 amide bonds. The van der Waals surface area contributed by atoms with Crippen molar-refractivity contribution in [1.29, 1.82) is 0 Å². The van der Waals surface area contributed by atoms with Crippen LogP contribution in [0.1, 0.15) is 25.3 Å². The fourth-order valence-electron chi connectivity index (χ4n) is 2.85. The van der Waals surface area contributed by atoms with Gasteiger partial charge in [-0.25, -0.2) is 17.9 Å². The molecule has 0 aromatic heterocycles. The number of halogens is 1. The first kappa shape index (κ1) is 17.8. The molecule has 0 bridgehead atoms. The number of hydrogen-bond donors (Lipinski definition) is 1. The van der Waals surface area contributed by atoms with Crippen molar-refractivity contribution >= 4 is 15.9 Å². The molecular weight excluding hydrogens is 323 g/mol. The molecule has 1 aliphatic heterocycles. The summed E-state index contributed by atoms with van der Waals surface area (Å²) >= 11 is 0. The number of nitrogens with zero attached hydrogens (tertiary/aromatic N) is 1. The van der Waals surface area contributed by atoms with Crippen molar-refractivity contribution in [3.8, 4) is 0 Å². The molecule has 1 saturated heterocycles. The lowest BCUT2D eigenvalue weighted by atomic mass is 9.92. The summed E-state index contributed by atoms with van der Waals surface area (Å²) in [6.07, 6.45) is 0.531. The number of methoxy groups -OCH3 is 1. The van der Waals surface area contributed by atoms with Gasteiger partial charge in [0.15, 0.2) is 5.60 Å². The van der Waals surface area contributed by atoms with Crippen LogP contribution in [0, 0.1) is 5.82 Å². The summed E-state index contributed by atoms with van der Waals surface area (Å²) in [6, 6.07) is 5.95. The molecule has 1 aromatic rings. The van der Waals surface area contributed by atoms with Gasteiger partial charge in [-0.2, -0.15) is 0 Å². The van der Waals surface area contributed by atoms with Gasteiger partial charge in [0.2, 0.25) is 10.0 Å². The minimum Gasteiger partial charge on any atom is -0.364 e. The Morgan fingerprint density at radius 1 is 1.35 bits per heavy atom. The van der Waals surface area contributed by atoms with E-state index in [-0.39, 0.29) is 31.5 Å². The Hall–Kier alpha value is -1.51. The average Bonchev–Trinajstić information content (AvgIpc) is 2.53. The maximum atomic E-state index is 14.1. The second kappa shape index (κ2) is 6.54. The second-order valence-corrected chi connectivity index (χ2v) is 7.64. The third kappa shape index (κ3) is 3.54. The fourth-order valence-corrected chi connectivity index (χ4v) is 3.72. The van der Waals surface area contributed by atoms with E-state index in [1.807, 2.05) is 0 Å². The zero-order valence-corrected chi connectivity index (χ0v) is 14.0. The number of primary sulfonamides is 1. The molecule has 0 saturated carbocycles. The van der Waals surface area contributed by atoms with Crippen molar-refractivity contribution in [2.24, 2.45) is 5.14 Å². The quantitative estimate of drug-likeness (QED) is 0.881. The Balaban J connectivity index is 2.20. The van der Waals surface area contributed by atoms with Gasteiger partial charge in [-0.05, 0) is 25.8 Å². The highest BCUT2D eigenvalue weighted by molar-refractivity contribution is 7.89. The molecule has 0 spiro atoms. The molecule has 1 heterocycles. The number of sulfonamides is 1. The number of ether oxygens (including phenoxy) is 1. The van der Waals surface area contributed by atoms with Gasteiger partial charge < -0.3 is 9.64 Å². The molecule has 2 rings (SSSR count). The number of nitrogens with two attached hydrogens (primary N) is 1. The summed E-state index contributed by atoms with van der Waals surface area (Å²) in [5.74, 6) is -0.914. The number of rotatable bonds is 4. The SMILES string of the molecule is COC(C)(C(=O)N1CCC(S(N)(=O)=O)CC1)c1ccccc1F. The highest BCUT2D eigenvalue weighted by Crippen LogP contribution is 2.30. The Morgan fingerprint density at radius 3 is 2.39 bits per heavy atom. The maximum Gasteiger partial charge on any atom is 0.259 e. The van der Waals surface area contributed by atoms with Crippen molar-refractivity contribution < 1.29 is 22.3 Å². The molecule has 0 radical (unpaired) electrons. The van der Waals surface area contributed by atoms with Crippen LogP contribution < -0.4 is 5.14 Å². The first-order chi connectivity index (χ1) is 10.7. The van der Waals surface area contributed by atoms with Crippen molar-refractivity contribution in [3.05, 3.63) is 35.6 Å². The van der Waals surface area contributed by atoms with Crippen LogP contribution in [-0.2, 0) is 25.2 Å². The fraction of sp³-hybridized carbons (Fsp3) is 0.533. The Bertz CT molecular complexity index is 686. The molecule has 8 heteroatoms. The van der Waals surface area contributed by atoms with Gasteiger partial charge in [0.05, 0.1) is 5.25 Å². The largest absolute Gasteiger partial charge is 0.364 e. The molecular formula is C15H21FN2O4S. The molecule has 0 aliphatic carbocycles. The van der Waals surface area contributed by atoms with Crippen molar-refractivity contribution in [2.75, 3.05) is 20.2 Å². The molecule has 1 aliphatic rings. The normalized spacial score (nSPS) is 19.4. The zero-order valence-electron chi connectivity index (χ0n) is 13.2. The molecule has 1 fully saturated rings. The maximum absolute atomic E-state index is 14.1. The summed E-state index contributed by atoms with van der Waals surface area (Å²) in [6.45, 7) is 2.00. The van der Waals surface area contributed by atoms with Crippen LogP contribution in [-0.4, -0.2) is 44.7 Å². The zero-order chi connectivity index (χ0) is 17.3. The van der Waals surface area contributed by atoms with Crippen LogP contribution in [0.3, 0.4) is 0 Å². The van der Waals surface area contributed by atoms with E-state index >= 15 is 0 Å². The van der Waals surface area contributed by atoms with Crippen LogP contribution in [0.25, 0.3) is 0 Å². The summed E-state index contributed by atoms with van der Waals surface area (Å²) in [5.41, 5.74) is -1.30. The van der Waals surface area contributed by atoms with E-state index in [0.717, 1.165) is 0 Å². The first-order valence-electron chi connectivity index (χ1n) is 7.31. The van der Waals surface area contributed by atoms with E-state index in [1.165, 1.54) is 37.1 Å². The van der Waals surface area contributed by atoms with Gasteiger partial charge in [-0.3, -0.25) is 4.79 Å². The van der Waals surface area contributed by atoms with Gasteiger partial charge in [0.1, 0.15) is 5.82 Å². The predicted octanol–water partition coefficient (Wildman–Crippen LogP) is 0.967. The third-order valence-corrected chi connectivity index (χ3v) is 5.80. The number of piperidine rings is 1. The van der Waals surface area contributed by atoms with Crippen molar-refractivity contribution in [2.45, 2.75) is 30.6 Å². The van der Waals surface area contributed by atoms with Crippen LogP contribution in [0.2, 0.25) is 0 Å². The number of benzene rings is 1. The van der Waals surface area contributed by atoms with Crippen LogP contribution in [0.15, 0.2) is 24.3 Å².